The highest BCUT2D eigenvalue weighted by Gasteiger charge is 2.17. The number of carbonyl (C=O) groups excluding carboxylic acids is 1. The van der Waals surface area contributed by atoms with Gasteiger partial charge in [-0.3, -0.25) is 4.79 Å². The molecule has 1 aromatic carbocycles. The molecule has 1 aromatic rings. The van der Waals surface area contributed by atoms with Gasteiger partial charge in [0.15, 0.2) is 0 Å². The number of carboxylic acids is 2. The predicted molar refractivity (Wildman–Crippen MR) is 58.8 cm³/mol. The van der Waals surface area contributed by atoms with Crippen LogP contribution in [0.25, 0.3) is 5.53 Å². The normalized spacial score (nSPS) is 9.33. The number of hydrogen-bond acceptors (Lipinski definition) is 3. The highest BCUT2D eigenvalue weighted by atomic mass is 16.4. The molecule has 0 aromatic heterocycles. The summed E-state index contributed by atoms with van der Waals surface area (Å²) in [6.07, 6.45) is 0.510. The molecule has 0 unspecified atom stereocenters. The van der Waals surface area contributed by atoms with E-state index in [1.807, 2.05) is 0 Å². The van der Waals surface area contributed by atoms with Gasteiger partial charge in [-0.15, -0.1) is 0 Å². The molecule has 0 aliphatic rings. The third kappa shape index (κ3) is 3.10. The number of Topliss-reactive ketones (excluding diaryl/α,β-unsaturated/α-hetero) is 1. The molecular weight excluding hydrogens is 240 g/mol. The summed E-state index contributed by atoms with van der Waals surface area (Å²) in [6, 6.07) is 3.55. The maximum atomic E-state index is 11.1. The maximum absolute atomic E-state index is 11.1. The standard InChI is InChI=1S/C11H8N2O5/c12-13-5-7(14)3-6-1-2-8(10(15)16)9(4-6)11(17)18/h1-2,4-5H,3H2,(H,15,16)(H,17,18). The number of carboxylic acid groups (broad SMARTS) is 2. The van der Waals surface area contributed by atoms with Gasteiger partial charge in [0.1, 0.15) is 0 Å². The fraction of sp³-hybridized carbons (Fsp3) is 0.0909. The van der Waals surface area contributed by atoms with E-state index in [4.69, 9.17) is 15.7 Å². The van der Waals surface area contributed by atoms with E-state index in [1.54, 1.807) is 0 Å². The zero-order valence-corrected chi connectivity index (χ0v) is 9.03. The molecule has 0 saturated carbocycles. The third-order valence-corrected chi connectivity index (χ3v) is 2.12. The Kier molecular flexibility index (Phi) is 4.07. The Morgan fingerprint density at radius 2 is 1.78 bits per heavy atom. The highest BCUT2D eigenvalue weighted by molar-refractivity contribution is 6.25. The summed E-state index contributed by atoms with van der Waals surface area (Å²) in [5, 5.41) is 17.6. The van der Waals surface area contributed by atoms with Crippen molar-refractivity contribution in [3.63, 3.8) is 0 Å². The van der Waals surface area contributed by atoms with E-state index in [0.717, 1.165) is 12.1 Å². The second kappa shape index (κ2) is 5.51. The number of rotatable bonds is 5. The van der Waals surface area contributed by atoms with Gasteiger partial charge in [0.2, 0.25) is 5.78 Å². The molecule has 7 nitrogen and oxygen atoms in total. The fourth-order valence-corrected chi connectivity index (χ4v) is 1.38. The SMILES string of the molecule is [N-]=[N+]=CC(=O)Cc1ccc(C(=O)O)c(C(=O)O)c1. The first kappa shape index (κ1) is 13.3. The van der Waals surface area contributed by atoms with E-state index < -0.39 is 23.3 Å². The van der Waals surface area contributed by atoms with Gasteiger partial charge >= 0.3 is 18.2 Å². The molecule has 0 aliphatic heterocycles. The Labute approximate surface area is 101 Å². The minimum atomic E-state index is -1.39. The van der Waals surface area contributed by atoms with E-state index in [1.165, 1.54) is 6.07 Å². The first-order chi connectivity index (χ1) is 8.45. The van der Waals surface area contributed by atoms with Crippen molar-refractivity contribution in [3.8, 4) is 0 Å². The van der Waals surface area contributed by atoms with Gasteiger partial charge in [-0.1, -0.05) is 6.07 Å². The van der Waals surface area contributed by atoms with Crippen LogP contribution in [0.2, 0.25) is 0 Å². The Balaban J connectivity index is 3.15. The number of aromatic carboxylic acids is 2. The summed E-state index contributed by atoms with van der Waals surface area (Å²) in [5.41, 5.74) is 7.73. The van der Waals surface area contributed by atoms with Crippen LogP contribution in [0.15, 0.2) is 18.2 Å². The molecule has 0 amide bonds. The summed E-state index contributed by atoms with van der Waals surface area (Å²) in [7, 11) is 0. The lowest BCUT2D eigenvalue weighted by molar-refractivity contribution is -0.115. The van der Waals surface area contributed by atoms with E-state index in [0.29, 0.717) is 11.8 Å². The molecule has 18 heavy (non-hydrogen) atoms. The first-order valence-corrected chi connectivity index (χ1v) is 4.75. The van der Waals surface area contributed by atoms with Crippen molar-refractivity contribution in [2.24, 2.45) is 0 Å². The van der Waals surface area contributed by atoms with Gasteiger partial charge < -0.3 is 15.7 Å². The van der Waals surface area contributed by atoms with Crippen LogP contribution < -0.4 is 0 Å². The zero-order chi connectivity index (χ0) is 13.7. The van der Waals surface area contributed by atoms with Gasteiger partial charge in [-0.2, -0.15) is 4.79 Å². The molecule has 0 saturated heterocycles. The van der Waals surface area contributed by atoms with E-state index in [-0.39, 0.29) is 12.0 Å². The van der Waals surface area contributed by atoms with E-state index >= 15 is 0 Å². The monoisotopic (exact) mass is 248 g/mol. The topological polar surface area (TPSA) is 128 Å². The van der Waals surface area contributed by atoms with Gasteiger partial charge in [0.25, 0.3) is 0 Å². The number of nitrogens with zero attached hydrogens (tertiary/aromatic N) is 2. The number of ketones is 1. The average molecular weight is 248 g/mol. The van der Waals surface area contributed by atoms with Crippen molar-refractivity contribution >= 4 is 23.9 Å². The zero-order valence-electron chi connectivity index (χ0n) is 9.03. The Bertz CT molecular complexity index is 573. The molecule has 0 heterocycles. The average Bonchev–Trinajstić information content (AvgIpc) is 2.28. The van der Waals surface area contributed by atoms with Crippen LogP contribution in [-0.4, -0.2) is 38.9 Å². The van der Waals surface area contributed by atoms with E-state index in [9.17, 15) is 14.4 Å². The minimum Gasteiger partial charge on any atom is -0.478 e. The van der Waals surface area contributed by atoms with Crippen LogP contribution in [0.1, 0.15) is 26.3 Å². The summed E-state index contributed by atoms with van der Waals surface area (Å²) in [6.45, 7) is 0. The van der Waals surface area contributed by atoms with Crippen LogP contribution in [-0.2, 0) is 11.2 Å². The summed E-state index contributed by atoms with van der Waals surface area (Å²) < 4.78 is 0. The van der Waals surface area contributed by atoms with Gasteiger partial charge in [0.05, 0.1) is 11.1 Å². The molecule has 0 bridgehead atoms. The molecule has 2 N–H and O–H groups in total. The van der Waals surface area contributed by atoms with Crippen molar-refractivity contribution in [2.45, 2.75) is 6.42 Å². The largest absolute Gasteiger partial charge is 0.478 e. The van der Waals surface area contributed by atoms with Crippen molar-refractivity contribution in [1.29, 1.82) is 0 Å². The number of hydrogen-bond donors (Lipinski definition) is 2. The molecule has 0 aliphatic carbocycles. The number of benzene rings is 1. The van der Waals surface area contributed by atoms with Crippen LogP contribution >= 0.6 is 0 Å². The Morgan fingerprint density at radius 1 is 1.17 bits per heavy atom. The maximum Gasteiger partial charge on any atom is 0.336 e. The second-order valence-corrected chi connectivity index (χ2v) is 3.38. The molecule has 7 heteroatoms. The van der Waals surface area contributed by atoms with E-state index in [2.05, 4.69) is 4.79 Å². The smallest absolute Gasteiger partial charge is 0.336 e. The van der Waals surface area contributed by atoms with Crippen LogP contribution in [0, 0.1) is 0 Å². The fourth-order valence-electron chi connectivity index (χ4n) is 1.38. The lowest BCUT2D eigenvalue weighted by Crippen LogP contribution is -2.10. The van der Waals surface area contributed by atoms with Crippen LogP contribution in [0.4, 0.5) is 0 Å². The Hall–Kier alpha value is -2.79. The third-order valence-electron chi connectivity index (χ3n) is 2.12. The molecule has 0 radical (unpaired) electrons. The summed E-state index contributed by atoms with van der Waals surface area (Å²) >= 11 is 0. The first-order valence-electron chi connectivity index (χ1n) is 4.75. The van der Waals surface area contributed by atoms with Gasteiger partial charge in [0, 0.05) is 6.42 Å². The van der Waals surface area contributed by atoms with Crippen molar-refractivity contribution < 1.29 is 29.4 Å². The van der Waals surface area contributed by atoms with Crippen molar-refractivity contribution in [3.05, 3.63) is 40.4 Å². The van der Waals surface area contributed by atoms with Crippen molar-refractivity contribution in [2.75, 3.05) is 0 Å². The lowest BCUT2D eigenvalue weighted by Gasteiger charge is -2.03. The van der Waals surface area contributed by atoms with Gasteiger partial charge in [-0.25, -0.2) is 9.59 Å². The molecule has 92 valence electrons. The Morgan fingerprint density at radius 3 is 2.28 bits per heavy atom. The summed E-state index contributed by atoms with van der Waals surface area (Å²) in [5.74, 6) is -3.28. The molecular formula is C11H8N2O5. The van der Waals surface area contributed by atoms with Crippen LogP contribution in [0.5, 0.6) is 0 Å². The lowest BCUT2D eigenvalue weighted by atomic mass is 10.0. The predicted octanol–water partition coefficient (Wildman–Crippen LogP) is 0.495. The molecule has 0 spiro atoms. The summed E-state index contributed by atoms with van der Waals surface area (Å²) in [4.78, 5) is 35.3. The van der Waals surface area contributed by atoms with Gasteiger partial charge in [-0.05, 0) is 17.7 Å². The minimum absolute atomic E-state index is 0.176. The van der Waals surface area contributed by atoms with Crippen molar-refractivity contribution in [1.82, 2.24) is 0 Å². The molecule has 1 rings (SSSR count). The molecule has 0 atom stereocenters. The second-order valence-electron chi connectivity index (χ2n) is 3.38. The quantitative estimate of drug-likeness (QED) is 0.445. The molecule has 0 fully saturated rings. The van der Waals surface area contributed by atoms with Crippen LogP contribution in [0.3, 0.4) is 0 Å². The number of carbonyl (C=O) groups is 3. The highest BCUT2D eigenvalue weighted by Crippen LogP contribution is 2.13.